The van der Waals surface area contributed by atoms with Crippen molar-refractivity contribution < 1.29 is 9.21 Å². The fourth-order valence-corrected chi connectivity index (χ4v) is 2.94. The fraction of sp³-hybridized carbons (Fsp3) is 0.150. The number of carbonyl (C=O) groups is 1. The van der Waals surface area contributed by atoms with Crippen molar-refractivity contribution in [2.24, 2.45) is 0 Å². The average molecular weight is 347 g/mol. The van der Waals surface area contributed by atoms with Crippen molar-refractivity contribution in [1.82, 2.24) is 14.9 Å². The molecule has 0 spiro atoms. The molecule has 6 nitrogen and oxygen atoms in total. The SMILES string of the molecule is Cc1ccccc1CNC(=O)Cn1cnc2c(oc3ccccc32)c1=O. The molecular weight excluding hydrogens is 330 g/mol. The fourth-order valence-electron chi connectivity index (χ4n) is 2.94. The van der Waals surface area contributed by atoms with Gasteiger partial charge in [0.2, 0.25) is 11.5 Å². The van der Waals surface area contributed by atoms with Crippen LogP contribution < -0.4 is 10.9 Å². The molecule has 4 rings (SSSR count). The second kappa shape index (κ2) is 6.48. The number of hydrogen-bond donors (Lipinski definition) is 1. The minimum absolute atomic E-state index is 0.106. The zero-order valence-corrected chi connectivity index (χ0v) is 14.2. The van der Waals surface area contributed by atoms with Crippen LogP contribution in [-0.4, -0.2) is 15.5 Å². The van der Waals surface area contributed by atoms with E-state index in [2.05, 4.69) is 10.3 Å². The molecule has 0 aliphatic carbocycles. The van der Waals surface area contributed by atoms with E-state index in [1.807, 2.05) is 49.4 Å². The summed E-state index contributed by atoms with van der Waals surface area (Å²) < 4.78 is 6.88. The van der Waals surface area contributed by atoms with Crippen LogP contribution in [0.4, 0.5) is 0 Å². The Bertz CT molecular complexity index is 1170. The minimum atomic E-state index is -0.364. The van der Waals surface area contributed by atoms with E-state index < -0.39 is 0 Å². The maximum absolute atomic E-state index is 12.6. The molecule has 1 amide bonds. The first-order chi connectivity index (χ1) is 12.6. The molecule has 0 atom stereocenters. The van der Waals surface area contributed by atoms with Crippen LogP contribution in [0.15, 0.2) is 64.1 Å². The van der Waals surface area contributed by atoms with Gasteiger partial charge in [-0.05, 0) is 30.2 Å². The van der Waals surface area contributed by atoms with Gasteiger partial charge in [-0.3, -0.25) is 14.2 Å². The Labute approximate surface area is 149 Å². The molecule has 130 valence electrons. The molecule has 0 saturated carbocycles. The van der Waals surface area contributed by atoms with Gasteiger partial charge in [0.05, 0.1) is 6.33 Å². The topological polar surface area (TPSA) is 77.1 Å². The minimum Gasteiger partial charge on any atom is -0.448 e. The number of rotatable bonds is 4. The van der Waals surface area contributed by atoms with E-state index in [1.54, 1.807) is 6.07 Å². The maximum atomic E-state index is 12.6. The van der Waals surface area contributed by atoms with Gasteiger partial charge in [-0.25, -0.2) is 4.98 Å². The van der Waals surface area contributed by atoms with Crippen LogP contribution in [-0.2, 0) is 17.9 Å². The zero-order chi connectivity index (χ0) is 18.1. The number of nitrogens with zero attached hydrogens (tertiary/aromatic N) is 2. The summed E-state index contributed by atoms with van der Waals surface area (Å²) >= 11 is 0. The van der Waals surface area contributed by atoms with Crippen molar-refractivity contribution in [3.05, 3.63) is 76.3 Å². The van der Waals surface area contributed by atoms with E-state index in [0.717, 1.165) is 16.5 Å². The Kier molecular flexibility index (Phi) is 4.01. The molecule has 26 heavy (non-hydrogen) atoms. The third kappa shape index (κ3) is 2.86. The number of carbonyl (C=O) groups excluding carboxylic acids is 1. The molecule has 6 heteroatoms. The molecule has 0 bridgehead atoms. The monoisotopic (exact) mass is 347 g/mol. The lowest BCUT2D eigenvalue weighted by Crippen LogP contribution is -2.32. The molecule has 2 heterocycles. The van der Waals surface area contributed by atoms with Gasteiger partial charge in [-0.15, -0.1) is 0 Å². The van der Waals surface area contributed by atoms with Crippen molar-refractivity contribution in [3.63, 3.8) is 0 Å². The van der Waals surface area contributed by atoms with E-state index in [1.165, 1.54) is 10.9 Å². The molecule has 0 aliphatic heterocycles. The zero-order valence-electron chi connectivity index (χ0n) is 14.2. The lowest BCUT2D eigenvalue weighted by atomic mass is 10.1. The van der Waals surface area contributed by atoms with Gasteiger partial charge < -0.3 is 9.73 Å². The van der Waals surface area contributed by atoms with Crippen LogP contribution in [0.5, 0.6) is 0 Å². The molecule has 2 aromatic heterocycles. The Morgan fingerprint density at radius 2 is 1.92 bits per heavy atom. The molecule has 0 aliphatic rings. The Balaban J connectivity index is 1.56. The predicted molar refractivity (Wildman–Crippen MR) is 98.8 cm³/mol. The van der Waals surface area contributed by atoms with Gasteiger partial charge in [0, 0.05) is 11.9 Å². The van der Waals surface area contributed by atoms with Gasteiger partial charge in [0.1, 0.15) is 17.6 Å². The van der Waals surface area contributed by atoms with Crippen molar-refractivity contribution >= 4 is 28.0 Å². The number of aromatic nitrogens is 2. The van der Waals surface area contributed by atoms with Crippen LogP contribution in [0.1, 0.15) is 11.1 Å². The Hall–Kier alpha value is -3.41. The Morgan fingerprint density at radius 3 is 2.77 bits per heavy atom. The summed E-state index contributed by atoms with van der Waals surface area (Å²) in [5, 5.41) is 3.62. The number of benzene rings is 2. The molecule has 4 aromatic rings. The number of furan rings is 1. The van der Waals surface area contributed by atoms with Gasteiger partial charge in [0.25, 0.3) is 5.56 Å². The summed E-state index contributed by atoms with van der Waals surface area (Å²) in [6.07, 6.45) is 1.39. The van der Waals surface area contributed by atoms with Crippen molar-refractivity contribution in [1.29, 1.82) is 0 Å². The van der Waals surface area contributed by atoms with Crippen LogP contribution in [0.3, 0.4) is 0 Å². The molecule has 1 N–H and O–H groups in total. The number of nitrogens with one attached hydrogen (secondary N) is 1. The molecular formula is C20H17N3O3. The first-order valence-electron chi connectivity index (χ1n) is 8.31. The van der Waals surface area contributed by atoms with E-state index in [-0.39, 0.29) is 23.6 Å². The van der Waals surface area contributed by atoms with Crippen LogP contribution >= 0.6 is 0 Å². The highest BCUT2D eigenvalue weighted by Gasteiger charge is 2.14. The summed E-state index contributed by atoms with van der Waals surface area (Å²) in [4.78, 5) is 29.1. The third-order valence-electron chi connectivity index (χ3n) is 4.40. The number of para-hydroxylation sites is 1. The second-order valence-electron chi connectivity index (χ2n) is 6.16. The lowest BCUT2D eigenvalue weighted by Gasteiger charge is -2.09. The highest BCUT2D eigenvalue weighted by molar-refractivity contribution is 6.01. The molecule has 0 radical (unpaired) electrons. The first kappa shape index (κ1) is 16.1. The summed E-state index contributed by atoms with van der Waals surface area (Å²) in [6.45, 7) is 2.30. The van der Waals surface area contributed by atoms with Crippen LogP contribution in [0.2, 0.25) is 0 Å². The highest BCUT2D eigenvalue weighted by atomic mass is 16.3. The van der Waals surface area contributed by atoms with Gasteiger partial charge in [-0.2, -0.15) is 0 Å². The number of hydrogen-bond acceptors (Lipinski definition) is 4. The Morgan fingerprint density at radius 1 is 1.15 bits per heavy atom. The number of amides is 1. The van der Waals surface area contributed by atoms with Crippen molar-refractivity contribution in [2.45, 2.75) is 20.0 Å². The molecule has 0 unspecified atom stereocenters. The van der Waals surface area contributed by atoms with Crippen molar-refractivity contribution in [2.75, 3.05) is 0 Å². The standard InChI is InChI=1S/C20H17N3O3/c1-13-6-2-3-7-14(13)10-21-17(24)11-23-12-22-18-15-8-4-5-9-16(15)26-19(18)20(23)25/h2-9,12H,10-11H2,1H3,(H,21,24). The summed E-state index contributed by atoms with van der Waals surface area (Å²) in [6, 6.07) is 15.2. The average Bonchev–Trinajstić information content (AvgIpc) is 3.03. The molecule has 0 saturated heterocycles. The maximum Gasteiger partial charge on any atom is 0.297 e. The molecule has 0 fully saturated rings. The summed E-state index contributed by atoms with van der Waals surface area (Å²) in [5.41, 5.74) is 3.07. The van der Waals surface area contributed by atoms with E-state index in [0.29, 0.717) is 17.6 Å². The quantitative estimate of drug-likeness (QED) is 0.616. The predicted octanol–water partition coefficient (Wildman–Crippen LogP) is 2.77. The lowest BCUT2D eigenvalue weighted by molar-refractivity contribution is -0.121. The molecule has 2 aromatic carbocycles. The van der Waals surface area contributed by atoms with Crippen LogP contribution in [0.25, 0.3) is 22.1 Å². The summed E-state index contributed by atoms with van der Waals surface area (Å²) in [5.74, 6) is -0.257. The van der Waals surface area contributed by atoms with Crippen LogP contribution in [0, 0.1) is 6.92 Å². The third-order valence-corrected chi connectivity index (χ3v) is 4.40. The van der Waals surface area contributed by atoms with Gasteiger partial charge >= 0.3 is 0 Å². The highest BCUT2D eigenvalue weighted by Crippen LogP contribution is 2.23. The van der Waals surface area contributed by atoms with Crippen molar-refractivity contribution in [3.8, 4) is 0 Å². The number of aryl methyl sites for hydroxylation is 1. The van der Waals surface area contributed by atoms with Gasteiger partial charge in [0.15, 0.2) is 0 Å². The largest absolute Gasteiger partial charge is 0.448 e. The smallest absolute Gasteiger partial charge is 0.297 e. The number of fused-ring (bicyclic) bond motifs is 3. The van der Waals surface area contributed by atoms with E-state index in [4.69, 9.17) is 4.42 Å². The second-order valence-corrected chi connectivity index (χ2v) is 6.16. The first-order valence-corrected chi connectivity index (χ1v) is 8.31. The van der Waals surface area contributed by atoms with Gasteiger partial charge in [-0.1, -0.05) is 36.4 Å². The summed E-state index contributed by atoms with van der Waals surface area (Å²) in [7, 11) is 0. The van der Waals surface area contributed by atoms with E-state index in [9.17, 15) is 9.59 Å². The van der Waals surface area contributed by atoms with E-state index >= 15 is 0 Å². The normalized spacial score (nSPS) is 11.1.